The lowest BCUT2D eigenvalue weighted by molar-refractivity contribution is -0.120. The van der Waals surface area contributed by atoms with Crippen LogP contribution in [0.15, 0.2) is 63.6 Å². The van der Waals surface area contributed by atoms with Crippen LogP contribution in [0.5, 0.6) is 0 Å². The summed E-state index contributed by atoms with van der Waals surface area (Å²) in [4.78, 5) is 27.5. The Morgan fingerprint density at radius 1 is 0.742 bits per heavy atom. The highest BCUT2D eigenvalue weighted by atomic mass is 19.2. The minimum absolute atomic E-state index is 0.127. The number of hydrogen-bond acceptors (Lipinski definition) is 11. The molecule has 3 aromatic carbocycles. The van der Waals surface area contributed by atoms with Crippen LogP contribution in [-0.2, 0) is 19.1 Å². The molecule has 2 aromatic heterocycles. The molecule has 5 atom stereocenters. The van der Waals surface area contributed by atoms with Crippen molar-refractivity contribution < 1.29 is 36.9 Å². The van der Waals surface area contributed by atoms with Crippen molar-refractivity contribution in [2.24, 2.45) is 0 Å². The summed E-state index contributed by atoms with van der Waals surface area (Å²) in [5, 5.41) is 18.2. The first-order chi connectivity index (χ1) is 29.8. The van der Waals surface area contributed by atoms with Crippen LogP contribution in [0.4, 0.5) is 37.2 Å². The number of nitrogens with one attached hydrogen (secondary N) is 3. The number of nitrogens with zero attached hydrogens (tertiary/aromatic N) is 3. The Kier molecular flexibility index (Phi) is 13.9. The number of benzene rings is 3. The van der Waals surface area contributed by atoms with E-state index in [1.807, 2.05) is 71.9 Å². The van der Waals surface area contributed by atoms with Gasteiger partial charge in [0.05, 0.1) is 46.3 Å². The first kappa shape index (κ1) is 44.3. The molecule has 1 saturated heterocycles. The number of aromatic nitrogens is 2. The Hall–Kier alpha value is -5.80. The molecule has 5 aromatic rings. The van der Waals surface area contributed by atoms with E-state index in [-0.39, 0.29) is 36.6 Å². The summed E-state index contributed by atoms with van der Waals surface area (Å²) in [6.45, 7) is 13.0. The van der Waals surface area contributed by atoms with Crippen molar-refractivity contribution >= 4 is 40.3 Å². The SMILES string of the molecule is CCO[C@@H]1CC[C@@H](Nc2ccc(-c3c(C)noc3C)cc2N)C1.CCO[C@@H]1CC[C@@H](Nc2ccc(-c3c(C)noc3C)cc2NC(=O)[C@@H]2CCC(=O)N2c2ccc(F)c(F)c2)C1. The van der Waals surface area contributed by atoms with Crippen molar-refractivity contribution in [3.05, 3.63) is 89.1 Å². The summed E-state index contributed by atoms with van der Waals surface area (Å²) in [5.74, 6) is -1.35. The van der Waals surface area contributed by atoms with Crippen LogP contribution >= 0.6 is 0 Å². The summed E-state index contributed by atoms with van der Waals surface area (Å²) >= 11 is 0. The standard InChI is InChI=1S/C29H32F2N4O4.C18H25N3O2/c1-4-38-21-8-6-19(14-21)32-24-10-5-18(28-16(2)34-39-17(28)3)13-25(24)33-29(37)26-11-12-27(36)35(26)20-7-9-22(30)23(31)15-20;1-4-22-15-7-6-14(10-15)20-17-8-5-13(9-16(17)19)18-11(2)21-23-12(18)3/h5,7,9-10,13,15,19,21,26,32H,4,6,8,11-12,14H2,1-3H3,(H,33,37);5,8-9,14-15,20H,4,6-7,10,19H2,1-3H3/t19-,21-,26+;14-,15-/m11/s1. The summed E-state index contributed by atoms with van der Waals surface area (Å²) in [7, 11) is 0. The first-order valence-electron chi connectivity index (χ1n) is 21.6. The molecule has 3 aliphatic rings. The van der Waals surface area contributed by atoms with Gasteiger partial charge in [0.15, 0.2) is 11.6 Å². The maximum absolute atomic E-state index is 14.0. The Balaban J connectivity index is 0.000000213. The van der Waals surface area contributed by atoms with Crippen molar-refractivity contribution in [1.82, 2.24) is 10.3 Å². The second-order valence-electron chi connectivity index (χ2n) is 16.3. The van der Waals surface area contributed by atoms with E-state index in [1.54, 1.807) is 0 Å². The predicted octanol–water partition coefficient (Wildman–Crippen LogP) is 9.65. The van der Waals surface area contributed by atoms with E-state index in [0.29, 0.717) is 30.2 Å². The average Bonchev–Trinajstić information content (AvgIpc) is 4.09. The molecule has 0 bridgehead atoms. The lowest BCUT2D eigenvalue weighted by Gasteiger charge is -2.25. The van der Waals surface area contributed by atoms with E-state index in [1.165, 1.54) is 11.0 Å². The molecule has 62 heavy (non-hydrogen) atoms. The number of halogens is 2. The van der Waals surface area contributed by atoms with E-state index >= 15 is 0 Å². The lowest BCUT2D eigenvalue weighted by atomic mass is 10.0. The minimum Gasteiger partial charge on any atom is -0.397 e. The van der Waals surface area contributed by atoms with Gasteiger partial charge in [0.1, 0.15) is 17.6 Å². The molecule has 330 valence electrons. The maximum Gasteiger partial charge on any atom is 0.247 e. The quantitative estimate of drug-likeness (QED) is 0.0832. The topological polar surface area (TPSA) is 170 Å². The molecule has 8 rings (SSSR count). The number of hydrogen-bond donors (Lipinski definition) is 4. The van der Waals surface area contributed by atoms with Crippen LogP contribution in [0.25, 0.3) is 22.3 Å². The molecular weight excluding hydrogens is 797 g/mol. The number of amides is 2. The molecule has 5 N–H and O–H groups in total. The van der Waals surface area contributed by atoms with Crippen LogP contribution in [-0.4, -0.2) is 65.7 Å². The average molecular weight is 854 g/mol. The van der Waals surface area contributed by atoms with Crippen molar-refractivity contribution in [2.75, 3.05) is 39.8 Å². The fraction of sp³-hybridized carbons (Fsp3) is 0.447. The normalized spacial score (nSPS) is 20.9. The van der Waals surface area contributed by atoms with Gasteiger partial charge in [-0.2, -0.15) is 0 Å². The number of ether oxygens (including phenoxy) is 2. The highest BCUT2D eigenvalue weighted by Gasteiger charge is 2.38. The molecule has 15 heteroatoms. The van der Waals surface area contributed by atoms with Crippen LogP contribution in [0.3, 0.4) is 0 Å². The van der Waals surface area contributed by atoms with Crippen LogP contribution in [0, 0.1) is 39.3 Å². The maximum atomic E-state index is 14.0. The van der Waals surface area contributed by atoms with Gasteiger partial charge in [-0.05, 0) is 134 Å². The van der Waals surface area contributed by atoms with E-state index < -0.39 is 23.6 Å². The van der Waals surface area contributed by atoms with E-state index in [0.717, 1.165) is 114 Å². The molecule has 13 nitrogen and oxygen atoms in total. The third-order valence-corrected chi connectivity index (χ3v) is 12.0. The molecular formula is C47H57F2N7O6. The Morgan fingerprint density at radius 3 is 1.84 bits per heavy atom. The van der Waals surface area contributed by atoms with Gasteiger partial charge in [0, 0.05) is 54.6 Å². The third kappa shape index (κ3) is 9.94. The van der Waals surface area contributed by atoms with E-state index in [2.05, 4.69) is 32.3 Å². The molecule has 2 aliphatic carbocycles. The van der Waals surface area contributed by atoms with Gasteiger partial charge in [0.25, 0.3) is 0 Å². The number of nitrogens with two attached hydrogens (primary N) is 1. The van der Waals surface area contributed by atoms with Gasteiger partial charge in [-0.25, -0.2) is 8.78 Å². The molecule has 0 radical (unpaired) electrons. The van der Waals surface area contributed by atoms with Gasteiger partial charge in [-0.15, -0.1) is 0 Å². The summed E-state index contributed by atoms with van der Waals surface area (Å²) < 4.78 is 49.6. The zero-order valence-corrected chi connectivity index (χ0v) is 36.3. The summed E-state index contributed by atoms with van der Waals surface area (Å²) in [6.07, 6.45) is 6.98. The number of carbonyl (C=O) groups is 2. The second-order valence-corrected chi connectivity index (χ2v) is 16.3. The number of anilines is 5. The van der Waals surface area contributed by atoms with Crippen molar-refractivity contribution in [3.8, 4) is 22.3 Å². The fourth-order valence-corrected chi connectivity index (χ4v) is 9.03. The van der Waals surface area contributed by atoms with Crippen molar-refractivity contribution in [2.45, 2.75) is 123 Å². The summed E-state index contributed by atoms with van der Waals surface area (Å²) in [5.41, 5.74) is 14.8. The Bertz CT molecular complexity index is 2340. The molecule has 2 saturated carbocycles. The molecule has 0 spiro atoms. The van der Waals surface area contributed by atoms with Crippen molar-refractivity contribution in [1.29, 1.82) is 0 Å². The largest absolute Gasteiger partial charge is 0.397 e. The molecule has 3 fully saturated rings. The zero-order valence-electron chi connectivity index (χ0n) is 36.3. The number of rotatable bonds is 13. The minimum atomic E-state index is -1.08. The van der Waals surface area contributed by atoms with E-state index in [9.17, 15) is 18.4 Å². The van der Waals surface area contributed by atoms with Crippen molar-refractivity contribution in [3.63, 3.8) is 0 Å². The predicted molar refractivity (Wildman–Crippen MR) is 236 cm³/mol. The number of nitrogen functional groups attached to an aromatic ring is 1. The van der Waals surface area contributed by atoms with Gasteiger partial charge in [-0.3, -0.25) is 14.5 Å². The molecule has 1 aliphatic heterocycles. The van der Waals surface area contributed by atoms with Gasteiger partial charge in [0.2, 0.25) is 11.8 Å². The molecule has 2 amide bonds. The summed E-state index contributed by atoms with van der Waals surface area (Å²) in [6, 6.07) is 14.8. The highest BCUT2D eigenvalue weighted by Crippen LogP contribution is 2.37. The smallest absolute Gasteiger partial charge is 0.247 e. The fourth-order valence-electron chi connectivity index (χ4n) is 9.03. The number of carbonyl (C=O) groups excluding carboxylic acids is 2. The Morgan fingerprint density at radius 2 is 1.31 bits per heavy atom. The third-order valence-electron chi connectivity index (χ3n) is 12.0. The monoisotopic (exact) mass is 853 g/mol. The van der Waals surface area contributed by atoms with Gasteiger partial charge >= 0.3 is 0 Å². The highest BCUT2D eigenvalue weighted by molar-refractivity contribution is 6.08. The van der Waals surface area contributed by atoms with Crippen LogP contribution in [0.1, 0.15) is 88.1 Å². The molecule has 0 unspecified atom stereocenters. The van der Waals surface area contributed by atoms with Crippen LogP contribution in [0.2, 0.25) is 0 Å². The first-order valence-corrected chi connectivity index (χ1v) is 21.6. The zero-order chi connectivity index (χ0) is 44.1. The van der Waals surface area contributed by atoms with Gasteiger partial charge < -0.3 is 40.2 Å². The lowest BCUT2D eigenvalue weighted by Crippen LogP contribution is -2.42. The van der Waals surface area contributed by atoms with Gasteiger partial charge in [-0.1, -0.05) is 22.4 Å². The second kappa shape index (κ2) is 19.5. The number of aryl methyl sites for hydroxylation is 4. The van der Waals surface area contributed by atoms with E-state index in [4.69, 9.17) is 24.3 Å². The molecule has 3 heterocycles. The Labute approximate surface area is 361 Å². The van der Waals surface area contributed by atoms with Crippen LogP contribution < -0.4 is 26.6 Å².